The van der Waals surface area contributed by atoms with Crippen LogP contribution in [0.25, 0.3) is 0 Å². The van der Waals surface area contributed by atoms with Gasteiger partial charge >= 0.3 is 0 Å². The number of hydrogen-bond donors (Lipinski definition) is 2. The molecule has 1 aromatic carbocycles. The smallest absolute Gasteiger partial charge is 0.221 e. The van der Waals surface area contributed by atoms with Crippen LogP contribution < -0.4 is 15.5 Å². The predicted octanol–water partition coefficient (Wildman–Crippen LogP) is 2.26. The van der Waals surface area contributed by atoms with Gasteiger partial charge in [-0.05, 0) is 38.5 Å². The van der Waals surface area contributed by atoms with E-state index in [9.17, 15) is 4.79 Å². The van der Waals surface area contributed by atoms with Gasteiger partial charge in [0.05, 0.1) is 0 Å². The number of anilines is 1. The molecule has 1 aromatic rings. The van der Waals surface area contributed by atoms with Gasteiger partial charge in [0.1, 0.15) is 0 Å². The second-order valence-electron chi connectivity index (χ2n) is 6.85. The molecule has 1 aliphatic rings. The highest BCUT2D eigenvalue weighted by molar-refractivity contribution is 6.30. The SMILES string of the molecule is CN=C(NCCC(=O)NC(C)C)N1CCN(c2cc(Cl)ccc2C)CC1. The Morgan fingerprint density at radius 1 is 1.27 bits per heavy atom. The molecule has 1 saturated heterocycles. The van der Waals surface area contributed by atoms with Crippen molar-refractivity contribution in [1.29, 1.82) is 0 Å². The minimum atomic E-state index is 0.0594. The van der Waals surface area contributed by atoms with E-state index in [0.29, 0.717) is 13.0 Å². The molecule has 0 radical (unpaired) electrons. The lowest BCUT2D eigenvalue weighted by Crippen LogP contribution is -2.53. The Bertz CT molecular complexity index is 639. The maximum Gasteiger partial charge on any atom is 0.221 e. The first kappa shape index (κ1) is 20.4. The number of benzene rings is 1. The number of aryl methyl sites for hydroxylation is 1. The second-order valence-corrected chi connectivity index (χ2v) is 7.29. The Hall–Kier alpha value is -1.95. The third-order valence-electron chi connectivity index (χ3n) is 4.39. The quantitative estimate of drug-likeness (QED) is 0.608. The van der Waals surface area contributed by atoms with Crippen LogP contribution in [0, 0.1) is 6.92 Å². The number of nitrogens with zero attached hydrogens (tertiary/aromatic N) is 3. The number of piperazine rings is 1. The van der Waals surface area contributed by atoms with Gasteiger partial charge in [0.2, 0.25) is 5.91 Å². The van der Waals surface area contributed by atoms with Gasteiger partial charge in [0, 0.05) is 62.9 Å². The van der Waals surface area contributed by atoms with Crippen LogP contribution in [-0.2, 0) is 4.79 Å². The van der Waals surface area contributed by atoms with Crippen molar-refractivity contribution in [3.8, 4) is 0 Å². The average molecular weight is 380 g/mol. The Morgan fingerprint density at radius 2 is 1.96 bits per heavy atom. The fourth-order valence-electron chi connectivity index (χ4n) is 3.10. The lowest BCUT2D eigenvalue weighted by atomic mass is 10.1. The van der Waals surface area contributed by atoms with Gasteiger partial charge in [-0.2, -0.15) is 0 Å². The molecular formula is C19H30ClN5O. The predicted molar refractivity (Wildman–Crippen MR) is 109 cm³/mol. The van der Waals surface area contributed by atoms with Crippen molar-refractivity contribution in [2.45, 2.75) is 33.2 Å². The van der Waals surface area contributed by atoms with Gasteiger partial charge in [-0.15, -0.1) is 0 Å². The zero-order valence-electron chi connectivity index (χ0n) is 16.2. The van der Waals surface area contributed by atoms with Crippen molar-refractivity contribution in [2.75, 3.05) is 44.7 Å². The fraction of sp³-hybridized carbons (Fsp3) is 0.579. The van der Waals surface area contributed by atoms with E-state index < -0.39 is 0 Å². The van der Waals surface area contributed by atoms with E-state index in [-0.39, 0.29) is 11.9 Å². The van der Waals surface area contributed by atoms with E-state index in [1.807, 2.05) is 26.0 Å². The Labute approximate surface area is 161 Å². The molecule has 1 aliphatic heterocycles. The molecule has 2 N–H and O–H groups in total. The Balaban J connectivity index is 1.83. The van der Waals surface area contributed by atoms with Crippen LogP contribution in [0.3, 0.4) is 0 Å². The van der Waals surface area contributed by atoms with Crippen molar-refractivity contribution in [3.63, 3.8) is 0 Å². The average Bonchev–Trinajstić information content (AvgIpc) is 2.60. The monoisotopic (exact) mass is 379 g/mol. The number of carbonyl (C=O) groups is 1. The number of halogens is 1. The molecule has 0 spiro atoms. The first-order valence-electron chi connectivity index (χ1n) is 9.16. The summed E-state index contributed by atoms with van der Waals surface area (Å²) in [6, 6.07) is 6.20. The molecule has 0 aliphatic carbocycles. The van der Waals surface area contributed by atoms with Crippen molar-refractivity contribution in [2.24, 2.45) is 4.99 Å². The molecule has 0 atom stereocenters. The van der Waals surface area contributed by atoms with Crippen molar-refractivity contribution in [1.82, 2.24) is 15.5 Å². The summed E-state index contributed by atoms with van der Waals surface area (Å²) in [6.07, 6.45) is 0.443. The van der Waals surface area contributed by atoms with Crippen LogP contribution in [-0.4, -0.2) is 62.6 Å². The molecule has 2 rings (SSSR count). The van der Waals surface area contributed by atoms with Crippen molar-refractivity contribution >= 4 is 29.2 Å². The molecule has 7 heteroatoms. The van der Waals surface area contributed by atoms with Crippen LogP contribution in [0.4, 0.5) is 5.69 Å². The van der Waals surface area contributed by atoms with Crippen LogP contribution in [0.15, 0.2) is 23.2 Å². The van der Waals surface area contributed by atoms with Crippen LogP contribution in [0.2, 0.25) is 5.02 Å². The number of guanidine groups is 1. The van der Waals surface area contributed by atoms with Gasteiger partial charge in [0.25, 0.3) is 0 Å². The van der Waals surface area contributed by atoms with Crippen molar-refractivity contribution in [3.05, 3.63) is 28.8 Å². The molecule has 0 bridgehead atoms. The summed E-state index contributed by atoms with van der Waals surface area (Å²) in [5.41, 5.74) is 2.44. The second kappa shape index (κ2) is 9.67. The highest BCUT2D eigenvalue weighted by Gasteiger charge is 2.21. The number of aliphatic imine (C=N–C) groups is 1. The molecule has 1 fully saturated rings. The third-order valence-corrected chi connectivity index (χ3v) is 4.62. The first-order valence-corrected chi connectivity index (χ1v) is 9.54. The van der Waals surface area contributed by atoms with Gasteiger partial charge in [-0.25, -0.2) is 0 Å². The van der Waals surface area contributed by atoms with Crippen LogP contribution in [0.5, 0.6) is 0 Å². The van der Waals surface area contributed by atoms with Gasteiger partial charge in [-0.1, -0.05) is 17.7 Å². The van der Waals surface area contributed by atoms with Gasteiger partial charge < -0.3 is 20.4 Å². The molecule has 26 heavy (non-hydrogen) atoms. The van der Waals surface area contributed by atoms with E-state index >= 15 is 0 Å². The lowest BCUT2D eigenvalue weighted by Gasteiger charge is -2.38. The lowest BCUT2D eigenvalue weighted by molar-refractivity contribution is -0.121. The summed E-state index contributed by atoms with van der Waals surface area (Å²) in [6.45, 7) is 10.2. The molecule has 1 amide bonds. The number of rotatable bonds is 5. The van der Waals surface area contributed by atoms with Gasteiger partial charge in [-0.3, -0.25) is 9.79 Å². The van der Waals surface area contributed by atoms with Crippen LogP contribution in [0.1, 0.15) is 25.8 Å². The third kappa shape index (κ3) is 5.80. The highest BCUT2D eigenvalue weighted by atomic mass is 35.5. The standard InChI is InChI=1S/C19H30ClN5O/c1-14(2)23-18(26)7-8-22-19(21-4)25-11-9-24(10-12-25)17-13-16(20)6-5-15(17)3/h5-6,13-14H,7-12H2,1-4H3,(H,21,22)(H,23,26). The van der Waals surface area contributed by atoms with E-state index in [4.69, 9.17) is 11.6 Å². The van der Waals surface area contributed by atoms with Crippen molar-refractivity contribution < 1.29 is 4.79 Å². The maximum atomic E-state index is 11.7. The summed E-state index contributed by atoms with van der Waals surface area (Å²) in [7, 11) is 1.78. The van der Waals surface area contributed by atoms with E-state index in [1.54, 1.807) is 7.05 Å². The van der Waals surface area contributed by atoms with Gasteiger partial charge in [0.15, 0.2) is 5.96 Å². The molecule has 1 heterocycles. The topological polar surface area (TPSA) is 60.0 Å². The molecule has 0 saturated carbocycles. The largest absolute Gasteiger partial charge is 0.368 e. The summed E-state index contributed by atoms with van der Waals surface area (Å²) < 4.78 is 0. The van der Waals surface area contributed by atoms with Crippen LogP contribution >= 0.6 is 11.6 Å². The van der Waals surface area contributed by atoms with E-state index in [2.05, 4.69) is 38.4 Å². The fourth-order valence-corrected chi connectivity index (χ4v) is 3.26. The minimum absolute atomic E-state index is 0.0594. The van der Waals surface area contributed by atoms with E-state index in [1.165, 1.54) is 11.3 Å². The zero-order chi connectivity index (χ0) is 19.1. The number of nitrogens with one attached hydrogen (secondary N) is 2. The molecular weight excluding hydrogens is 350 g/mol. The number of carbonyl (C=O) groups excluding carboxylic acids is 1. The molecule has 0 aromatic heterocycles. The summed E-state index contributed by atoms with van der Waals surface area (Å²) >= 11 is 6.15. The summed E-state index contributed by atoms with van der Waals surface area (Å²) in [5.74, 6) is 0.911. The maximum absolute atomic E-state index is 11.7. The molecule has 0 unspecified atom stereocenters. The summed E-state index contributed by atoms with van der Waals surface area (Å²) in [4.78, 5) is 20.7. The normalized spacial score (nSPS) is 15.4. The zero-order valence-corrected chi connectivity index (χ0v) is 16.9. The minimum Gasteiger partial charge on any atom is -0.368 e. The van der Waals surface area contributed by atoms with E-state index in [0.717, 1.165) is 37.2 Å². The highest BCUT2D eigenvalue weighted by Crippen LogP contribution is 2.25. The number of amides is 1. The summed E-state index contributed by atoms with van der Waals surface area (Å²) in [5, 5.41) is 6.96. The molecule has 144 valence electrons. The first-order chi connectivity index (χ1) is 12.4. The molecule has 6 nitrogen and oxygen atoms in total. The Kier molecular flexibility index (Phi) is 7.57. The number of hydrogen-bond acceptors (Lipinski definition) is 3. The Morgan fingerprint density at radius 3 is 2.58 bits per heavy atom.